The highest BCUT2D eigenvalue weighted by Crippen LogP contribution is 2.39. The molecule has 148 valence electrons. The largest absolute Gasteiger partial charge is 0.508 e. The van der Waals surface area contributed by atoms with Crippen molar-refractivity contribution in [3.63, 3.8) is 0 Å². The minimum absolute atomic E-state index is 0.0845. The molecule has 0 aliphatic heterocycles. The summed E-state index contributed by atoms with van der Waals surface area (Å²) in [5.74, 6) is 0.663. The molecule has 0 spiro atoms. The van der Waals surface area contributed by atoms with Crippen molar-refractivity contribution >= 4 is 0 Å². The lowest BCUT2D eigenvalue weighted by Crippen LogP contribution is -2.18. The lowest BCUT2D eigenvalue weighted by atomic mass is 9.77. The van der Waals surface area contributed by atoms with E-state index in [1.807, 2.05) is 12.1 Å². The second-order valence-corrected chi connectivity index (χ2v) is 9.67. The van der Waals surface area contributed by atoms with Crippen molar-refractivity contribution in [3.05, 3.63) is 57.6 Å². The number of phenols is 2. The first-order chi connectivity index (χ1) is 12.4. The highest BCUT2D eigenvalue weighted by atomic mass is 16.3. The number of hydrogen-bond donors (Lipinski definition) is 2. The van der Waals surface area contributed by atoms with Gasteiger partial charge < -0.3 is 10.2 Å². The third-order valence-electron chi connectivity index (χ3n) is 5.36. The predicted octanol–water partition coefficient (Wildman–Crippen LogP) is 6.41. The molecule has 2 N–H and O–H groups in total. The molecule has 0 aliphatic carbocycles. The predicted molar refractivity (Wildman–Crippen MR) is 115 cm³/mol. The minimum atomic E-state index is -0.0845. The normalized spacial score (nSPS) is 12.4. The van der Waals surface area contributed by atoms with E-state index in [9.17, 15) is 10.2 Å². The van der Waals surface area contributed by atoms with Crippen molar-refractivity contribution in [3.8, 4) is 11.5 Å². The summed E-state index contributed by atoms with van der Waals surface area (Å²) in [6, 6.07) is 8.17. The lowest BCUT2D eigenvalue weighted by molar-refractivity contribution is 0.453. The second kappa shape index (κ2) is 7.58. The van der Waals surface area contributed by atoms with E-state index < -0.39 is 0 Å². The maximum atomic E-state index is 10.8. The van der Waals surface area contributed by atoms with Crippen molar-refractivity contribution < 1.29 is 10.2 Å². The minimum Gasteiger partial charge on any atom is -0.508 e. The van der Waals surface area contributed by atoms with E-state index in [1.165, 1.54) is 0 Å². The molecular weight excluding hydrogens is 332 g/mol. The van der Waals surface area contributed by atoms with Crippen LogP contribution in [0.4, 0.5) is 0 Å². The van der Waals surface area contributed by atoms with Crippen LogP contribution in [0.5, 0.6) is 11.5 Å². The van der Waals surface area contributed by atoms with Gasteiger partial charge in [-0.05, 0) is 58.1 Å². The Morgan fingerprint density at radius 1 is 0.630 bits per heavy atom. The maximum Gasteiger partial charge on any atom is 0.119 e. The van der Waals surface area contributed by atoms with Crippen LogP contribution in [0.15, 0.2) is 24.3 Å². The monoisotopic (exact) mass is 368 g/mol. The molecule has 2 aromatic rings. The van der Waals surface area contributed by atoms with Crippen LogP contribution in [0.25, 0.3) is 0 Å². The van der Waals surface area contributed by atoms with Crippen LogP contribution < -0.4 is 0 Å². The number of rotatable bonds is 4. The average Bonchev–Trinajstić information content (AvgIpc) is 2.55. The highest BCUT2D eigenvalue weighted by molar-refractivity contribution is 5.54. The standard InChI is InChI=1S/C25H36O2/c1-9-16-11-20(24(3,4)5)18(22(26)13-16)15-19-21(25(6,7)8)12-17(10-2)14-23(19)27/h11-14,26-27H,9-10,15H2,1-8H3. The molecule has 0 amide bonds. The molecule has 0 aliphatic rings. The Kier molecular flexibility index (Phi) is 5.99. The van der Waals surface area contributed by atoms with E-state index in [1.54, 1.807) is 0 Å². The van der Waals surface area contributed by atoms with Crippen LogP contribution in [0.1, 0.15) is 88.8 Å². The van der Waals surface area contributed by atoms with Gasteiger partial charge in [-0.2, -0.15) is 0 Å². The fourth-order valence-electron chi connectivity index (χ4n) is 3.72. The van der Waals surface area contributed by atoms with Crippen LogP contribution >= 0.6 is 0 Å². The summed E-state index contributed by atoms with van der Waals surface area (Å²) in [4.78, 5) is 0. The summed E-state index contributed by atoms with van der Waals surface area (Å²) in [5.41, 5.74) is 6.26. The highest BCUT2D eigenvalue weighted by Gasteiger charge is 2.26. The molecule has 27 heavy (non-hydrogen) atoms. The summed E-state index contributed by atoms with van der Waals surface area (Å²) < 4.78 is 0. The third-order valence-corrected chi connectivity index (χ3v) is 5.36. The van der Waals surface area contributed by atoms with E-state index in [0.717, 1.165) is 46.2 Å². The van der Waals surface area contributed by atoms with Gasteiger partial charge in [0.25, 0.3) is 0 Å². The summed E-state index contributed by atoms with van der Waals surface area (Å²) in [6.07, 6.45) is 2.31. The number of aryl methyl sites for hydroxylation is 2. The van der Waals surface area contributed by atoms with E-state index in [4.69, 9.17) is 0 Å². The molecule has 0 heterocycles. The van der Waals surface area contributed by atoms with Gasteiger partial charge in [0.1, 0.15) is 11.5 Å². The molecule has 2 rings (SSSR count). The van der Waals surface area contributed by atoms with Gasteiger partial charge in [-0.25, -0.2) is 0 Å². The number of phenolic OH excluding ortho intramolecular Hbond substituents is 2. The zero-order valence-corrected chi connectivity index (χ0v) is 18.3. The van der Waals surface area contributed by atoms with Crippen LogP contribution in [0, 0.1) is 0 Å². The molecule has 0 radical (unpaired) electrons. The summed E-state index contributed by atoms with van der Waals surface area (Å²) >= 11 is 0. The first-order valence-electron chi connectivity index (χ1n) is 10.1. The average molecular weight is 369 g/mol. The fraction of sp³-hybridized carbons (Fsp3) is 0.520. The Bertz CT molecular complexity index is 748. The summed E-state index contributed by atoms with van der Waals surface area (Å²) in [6.45, 7) is 17.3. The Morgan fingerprint density at radius 3 is 1.22 bits per heavy atom. The topological polar surface area (TPSA) is 40.5 Å². The zero-order chi connectivity index (χ0) is 20.6. The van der Waals surface area contributed by atoms with Crippen molar-refractivity contribution in [1.82, 2.24) is 0 Å². The van der Waals surface area contributed by atoms with Gasteiger partial charge in [0.05, 0.1) is 0 Å². The molecule has 2 aromatic carbocycles. The molecule has 2 heteroatoms. The molecule has 0 fully saturated rings. The number of hydrogen-bond acceptors (Lipinski definition) is 2. The zero-order valence-electron chi connectivity index (χ0n) is 18.3. The Hall–Kier alpha value is -1.96. The summed E-state index contributed by atoms with van der Waals surface area (Å²) in [7, 11) is 0. The third kappa shape index (κ3) is 4.66. The summed E-state index contributed by atoms with van der Waals surface area (Å²) in [5, 5.41) is 21.7. The molecule has 0 aromatic heterocycles. The van der Waals surface area contributed by atoms with E-state index in [0.29, 0.717) is 17.9 Å². The van der Waals surface area contributed by atoms with Crippen LogP contribution in [-0.2, 0) is 30.1 Å². The molecule has 0 saturated carbocycles. The van der Waals surface area contributed by atoms with Crippen LogP contribution in [0.3, 0.4) is 0 Å². The molecular formula is C25H36O2. The lowest BCUT2D eigenvalue weighted by Gasteiger charge is -2.28. The molecule has 0 bridgehead atoms. The van der Waals surface area contributed by atoms with Gasteiger partial charge >= 0.3 is 0 Å². The van der Waals surface area contributed by atoms with E-state index in [2.05, 4.69) is 67.5 Å². The SMILES string of the molecule is CCc1cc(O)c(Cc2c(O)cc(CC)cc2C(C)(C)C)c(C(C)(C)C)c1. The van der Waals surface area contributed by atoms with Crippen molar-refractivity contribution in [2.24, 2.45) is 0 Å². The number of benzene rings is 2. The van der Waals surface area contributed by atoms with E-state index >= 15 is 0 Å². The van der Waals surface area contributed by atoms with E-state index in [-0.39, 0.29) is 10.8 Å². The Morgan fingerprint density at radius 2 is 0.963 bits per heavy atom. The Labute approximate surface area is 165 Å². The van der Waals surface area contributed by atoms with Crippen molar-refractivity contribution in [1.29, 1.82) is 0 Å². The molecule has 2 nitrogen and oxygen atoms in total. The molecule has 0 atom stereocenters. The van der Waals surface area contributed by atoms with Gasteiger partial charge in [0.15, 0.2) is 0 Å². The first kappa shape index (κ1) is 21.3. The van der Waals surface area contributed by atoms with Gasteiger partial charge in [0, 0.05) is 17.5 Å². The number of aromatic hydroxyl groups is 2. The molecule has 0 saturated heterocycles. The first-order valence-corrected chi connectivity index (χ1v) is 10.1. The van der Waals surface area contributed by atoms with Gasteiger partial charge in [-0.1, -0.05) is 67.5 Å². The van der Waals surface area contributed by atoms with Gasteiger partial charge in [0.2, 0.25) is 0 Å². The maximum absolute atomic E-state index is 10.8. The van der Waals surface area contributed by atoms with Crippen molar-refractivity contribution in [2.45, 2.75) is 85.5 Å². The van der Waals surface area contributed by atoms with Crippen LogP contribution in [0.2, 0.25) is 0 Å². The smallest absolute Gasteiger partial charge is 0.119 e. The Balaban J connectivity index is 2.71. The van der Waals surface area contributed by atoms with Gasteiger partial charge in [-0.15, -0.1) is 0 Å². The second-order valence-electron chi connectivity index (χ2n) is 9.67. The van der Waals surface area contributed by atoms with Crippen LogP contribution in [-0.4, -0.2) is 10.2 Å². The fourth-order valence-corrected chi connectivity index (χ4v) is 3.72. The van der Waals surface area contributed by atoms with Crippen molar-refractivity contribution in [2.75, 3.05) is 0 Å². The van der Waals surface area contributed by atoms with Gasteiger partial charge in [-0.3, -0.25) is 0 Å². The molecule has 0 unspecified atom stereocenters. The quantitative estimate of drug-likeness (QED) is 0.655.